The average molecular weight is 337 g/mol. The minimum atomic E-state index is 0.145. The lowest BCUT2D eigenvalue weighted by Gasteiger charge is -2.34. The molecule has 0 unspecified atom stereocenters. The number of aliphatic hydroxyl groups excluding tert-OH is 1. The van der Waals surface area contributed by atoms with Crippen molar-refractivity contribution in [1.29, 1.82) is 0 Å². The van der Waals surface area contributed by atoms with Crippen molar-refractivity contribution in [2.75, 3.05) is 39.3 Å². The molecule has 1 saturated heterocycles. The molecule has 3 rings (SSSR count). The van der Waals surface area contributed by atoms with Crippen LogP contribution >= 0.6 is 22.7 Å². The molecule has 2 aromatic rings. The second-order valence-corrected chi connectivity index (χ2v) is 7.05. The van der Waals surface area contributed by atoms with Crippen LogP contribution in [-0.2, 0) is 11.2 Å². The van der Waals surface area contributed by atoms with Gasteiger partial charge < -0.3 is 10.0 Å². The molecule has 1 amide bonds. The van der Waals surface area contributed by atoms with Gasteiger partial charge in [0, 0.05) is 38.1 Å². The van der Waals surface area contributed by atoms with Gasteiger partial charge in [-0.1, -0.05) is 6.07 Å². The highest BCUT2D eigenvalue weighted by Gasteiger charge is 2.21. The van der Waals surface area contributed by atoms with Crippen LogP contribution in [0, 0.1) is 0 Å². The van der Waals surface area contributed by atoms with Gasteiger partial charge in [-0.05, 0) is 11.4 Å². The first kappa shape index (κ1) is 15.6. The van der Waals surface area contributed by atoms with Gasteiger partial charge in [0.05, 0.1) is 23.6 Å². The zero-order valence-corrected chi connectivity index (χ0v) is 13.9. The Bertz CT molecular complexity index is 604. The minimum absolute atomic E-state index is 0.145. The van der Waals surface area contributed by atoms with Crippen molar-refractivity contribution in [1.82, 2.24) is 14.8 Å². The topological polar surface area (TPSA) is 56.7 Å². The molecule has 1 aliphatic rings. The Morgan fingerprint density at radius 3 is 2.77 bits per heavy atom. The Labute approximate surface area is 137 Å². The number of hydrogen-bond acceptors (Lipinski definition) is 6. The lowest BCUT2D eigenvalue weighted by Crippen LogP contribution is -2.49. The van der Waals surface area contributed by atoms with E-state index in [4.69, 9.17) is 5.11 Å². The first-order valence-electron chi connectivity index (χ1n) is 7.35. The highest BCUT2D eigenvalue weighted by Crippen LogP contribution is 2.28. The van der Waals surface area contributed by atoms with E-state index in [1.807, 2.05) is 21.7 Å². The number of piperazine rings is 1. The molecule has 0 radical (unpaired) electrons. The standard InChI is InChI=1S/C15H19N3O2S2/c19-8-7-17-3-5-18(6-4-17)14(20)10-12-11-22-15(16-12)13-2-1-9-21-13/h1-2,9,11,19H,3-8,10H2. The first-order valence-corrected chi connectivity index (χ1v) is 9.11. The Morgan fingerprint density at radius 2 is 2.09 bits per heavy atom. The minimum Gasteiger partial charge on any atom is -0.395 e. The zero-order chi connectivity index (χ0) is 15.4. The van der Waals surface area contributed by atoms with E-state index in [1.54, 1.807) is 22.7 Å². The average Bonchev–Trinajstić information content (AvgIpc) is 3.19. The predicted molar refractivity (Wildman–Crippen MR) is 89.2 cm³/mol. The summed E-state index contributed by atoms with van der Waals surface area (Å²) in [6, 6.07) is 4.06. The van der Waals surface area contributed by atoms with Gasteiger partial charge in [0.1, 0.15) is 5.01 Å². The fraction of sp³-hybridized carbons (Fsp3) is 0.467. The molecule has 22 heavy (non-hydrogen) atoms. The van der Waals surface area contributed by atoms with Crippen LogP contribution in [0.5, 0.6) is 0 Å². The van der Waals surface area contributed by atoms with Crippen LogP contribution in [0.2, 0.25) is 0 Å². The van der Waals surface area contributed by atoms with Gasteiger partial charge in [0.25, 0.3) is 0 Å². The largest absolute Gasteiger partial charge is 0.395 e. The van der Waals surface area contributed by atoms with Gasteiger partial charge in [0.2, 0.25) is 5.91 Å². The van der Waals surface area contributed by atoms with Crippen LogP contribution in [0.3, 0.4) is 0 Å². The van der Waals surface area contributed by atoms with E-state index < -0.39 is 0 Å². The summed E-state index contributed by atoms with van der Waals surface area (Å²) in [5, 5.41) is 13.9. The molecule has 118 valence electrons. The van der Waals surface area contributed by atoms with Crippen molar-refractivity contribution in [3.8, 4) is 9.88 Å². The molecule has 7 heteroatoms. The van der Waals surface area contributed by atoms with Crippen LogP contribution in [0.25, 0.3) is 9.88 Å². The highest BCUT2D eigenvalue weighted by atomic mass is 32.1. The lowest BCUT2D eigenvalue weighted by atomic mass is 10.2. The third-order valence-electron chi connectivity index (χ3n) is 3.76. The van der Waals surface area contributed by atoms with Crippen molar-refractivity contribution in [3.63, 3.8) is 0 Å². The summed E-state index contributed by atoms with van der Waals surface area (Å²) in [6.45, 7) is 4.02. The number of β-amino-alcohol motifs (C(OH)–C–C–N with tert-alkyl or cyclic N) is 1. The Kier molecular flexibility index (Phi) is 5.20. The summed E-state index contributed by atoms with van der Waals surface area (Å²) in [4.78, 5) is 22.2. The van der Waals surface area contributed by atoms with E-state index in [9.17, 15) is 4.79 Å². The van der Waals surface area contributed by atoms with Gasteiger partial charge in [0.15, 0.2) is 0 Å². The van der Waals surface area contributed by atoms with Crippen molar-refractivity contribution in [2.45, 2.75) is 6.42 Å². The van der Waals surface area contributed by atoms with Crippen molar-refractivity contribution in [3.05, 3.63) is 28.6 Å². The number of hydrogen-bond donors (Lipinski definition) is 1. The number of aliphatic hydroxyl groups is 1. The van der Waals surface area contributed by atoms with E-state index in [-0.39, 0.29) is 12.5 Å². The number of aromatic nitrogens is 1. The number of rotatable bonds is 5. The normalized spacial score (nSPS) is 16.1. The number of carbonyl (C=O) groups excluding carboxylic acids is 1. The van der Waals surface area contributed by atoms with Crippen molar-refractivity contribution < 1.29 is 9.90 Å². The fourth-order valence-corrected chi connectivity index (χ4v) is 4.16. The third-order valence-corrected chi connectivity index (χ3v) is 5.69. The number of thiophene rings is 1. The monoisotopic (exact) mass is 337 g/mol. The third kappa shape index (κ3) is 3.73. The molecule has 0 aliphatic carbocycles. The highest BCUT2D eigenvalue weighted by molar-refractivity contribution is 7.20. The summed E-state index contributed by atoms with van der Waals surface area (Å²) in [5.41, 5.74) is 0.858. The fourth-order valence-electron chi connectivity index (χ4n) is 2.53. The maximum Gasteiger partial charge on any atom is 0.228 e. The molecule has 1 aliphatic heterocycles. The summed E-state index contributed by atoms with van der Waals surface area (Å²) in [6.07, 6.45) is 0.377. The van der Waals surface area contributed by atoms with Gasteiger partial charge in [-0.25, -0.2) is 4.98 Å². The maximum absolute atomic E-state index is 12.4. The molecule has 5 nitrogen and oxygen atoms in total. The number of amides is 1. The van der Waals surface area contributed by atoms with Crippen molar-refractivity contribution >= 4 is 28.6 Å². The molecule has 1 N–H and O–H groups in total. The quantitative estimate of drug-likeness (QED) is 0.899. The molecule has 0 spiro atoms. The molecule has 0 atom stereocenters. The molecular formula is C15H19N3O2S2. The summed E-state index contributed by atoms with van der Waals surface area (Å²) in [7, 11) is 0. The van der Waals surface area contributed by atoms with Crippen LogP contribution < -0.4 is 0 Å². The number of nitrogens with zero attached hydrogens (tertiary/aromatic N) is 3. The second-order valence-electron chi connectivity index (χ2n) is 5.24. The van der Waals surface area contributed by atoms with E-state index in [2.05, 4.69) is 16.0 Å². The van der Waals surface area contributed by atoms with Gasteiger partial charge in [-0.2, -0.15) is 0 Å². The maximum atomic E-state index is 12.4. The van der Waals surface area contributed by atoms with E-state index in [0.29, 0.717) is 13.0 Å². The SMILES string of the molecule is O=C(Cc1csc(-c2cccs2)n1)N1CCN(CCO)CC1. The molecule has 2 aromatic heterocycles. The van der Waals surface area contributed by atoms with E-state index in [0.717, 1.165) is 41.8 Å². The predicted octanol–water partition coefficient (Wildman–Crippen LogP) is 1.55. The van der Waals surface area contributed by atoms with Crippen molar-refractivity contribution in [2.24, 2.45) is 0 Å². The summed E-state index contributed by atoms with van der Waals surface area (Å²) < 4.78 is 0. The van der Waals surface area contributed by atoms with Crippen LogP contribution in [-0.4, -0.2) is 65.1 Å². The lowest BCUT2D eigenvalue weighted by molar-refractivity contribution is -0.132. The summed E-state index contributed by atoms with van der Waals surface area (Å²) >= 11 is 3.26. The smallest absolute Gasteiger partial charge is 0.228 e. The molecule has 1 fully saturated rings. The number of carbonyl (C=O) groups is 1. The molecular weight excluding hydrogens is 318 g/mol. The van der Waals surface area contributed by atoms with Gasteiger partial charge in [-0.3, -0.25) is 9.69 Å². The zero-order valence-electron chi connectivity index (χ0n) is 12.3. The molecule has 0 bridgehead atoms. The van der Waals surface area contributed by atoms with Crippen LogP contribution in [0.15, 0.2) is 22.9 Å². The van der Waals surface area contributed by atoms with Gasteiger partial charge in [-0.15, -0.1) is 22.7 Å². The Hall–Kier alpha value is -1.28. The molecule has 0 aromatic carbocycles. The second kappa shape index (κ2) is 7.32. The molecule has 3 heterocycles. The molecule has 0 saturated carbocycles. The first-order chi connectivity index (χ1) is 10.8. The van der Waals surface area contributed by atoms with Crippen LogP contribution in [0.1, 0.15) is 5.69 Å². The van der Waals surface area contributed by atoms with Crippen LogP contribution in [0.4, 0.5) is 0 Å². The Balaban J connectivity index is 1.54. The Morgan fingerprint density at radius 1 is 1.27 bits per heavy atom. The van der Waals surface area contributed by atoms with E-state index in [1.165, 1.54) is 0 Å². The number of thiazole rings is 1. The summed E-state index contributed by atoms with van der Waals surface area (Å²) in [5.74, 6) is 0.145. The van der Waals surface area contributed by atoms with Gasteiger partial charge >= 0.3 is 0 Å². The van der Waals surface area contributed by atoms with E-state index >= 15 is 0 Å².